The van der Waals surface area contributed by atoms with E-state index >= 15 is 0 Å². The smallest absolute Gasteiger partial charge is 0.337 e. The van der Waals surface area contributed by atoms with Gasteiger partial charge < -0.3 is 9.47 Å². The van der Waals surface area contributed by atoms with Gasteiger partial charge in [-0.05, 0) is 37.1 Å². The maximum atomic E-state index is 11.3. The van der Waals surface area contributed by atoms with Gasteiger partial charge in [0.1, 0.15) is 5.75 Å². The molecular formula is C13H16ClNO3. The van der Waals surface area contributed by atoms with Crippen molar-refractivity contribution in [3.8, 4) is 5.75 Å². The molecule has 1 atom stereocenters. The number of esters is 1. The van der Waals surface area contributed by atoms with Gasteiger partial charge in [0, 0.05) is 13.1 Å². The van der Waals surface area contributed by atoms with Crippen LogP contribution in [0.15, 0.2) is 24.3 Å². The second-order valence-electron chi connectivity index (χ2n) is 4.17. The minimum atomic E-state index is -0.448. The zero-order valence-electron chi connectivity index (χ0n) is 10.3. The summed E-state index contributed by atoms with van der Waals surface area (Å²) in [4.78, 5) is 13.3. The summed E-state index contributed by atoms with van der Waals surface area (Å²) in [5.41, 5.74) is 0.0496. The number of nitrogens with zero attached hydrogens (tertiary/aromatic N) is 1. The Hall–Kier alpha value is -1.26. The second kappa shape index (κ2) is 6.07. The minimum absolute atomic E-state index is 0.358. The van der Waals surface area contributed by atoms with Crippen LogP contribution in [0.25, 0.3) is 0 Å². The van der Waals surface area contributed by atoms with Crippen LogP contribution in [0.5, 0.6) is 5.75 Å². The van der Waals surface area contributed by atoms with Crippen LogP contribution in [0.1, 0.15) is 23.2 Å². The highest BCUT2D eigenvalue weighted by Crippen LogP contribution is 2.20. The van der Waals surface area contributed by atoms with E-state index in [0.717, 1.165) is 25.9 Å². The normalized spacial score (nSPS) is 17.4. The molecule has 1 heterocycles. The molecule has 0 aliphatic carbocycles. The van der Waals surface area contributed by atoms with Crippen molar-refractivity contribution < 1.29 is 14.3 Å². The van der Waals surface area contributed by atoms with Crippen LogP contribution in [0, 0.1) is 0 Å². The van der Waals surface area contributed by atoms with Crippen molar-refractivity contribution in [2.45, 2.75) is 18.5 Å². The fourth-order valence-electron chi connectivity index (χ4n) is 1.92. The van der Waals surface area contributed by atoms with Gasteiger partial charge in [-0.1, -0.05) is 11.6 Å². The molecular weight excluding hydrogens is 254 g/mol. The molecule has 0 aromatic heterocycles. The Bertz CT molecular complexity index is 401. The predicted molar refractivity (Wildman–Crippen MR) is 68.9 cm³/mol. The molecule has 0 amide bonds. The molecule has 1 aromatic rings. The first kappa shape index (κ1) is 13.2. The molecule has 4 nitrogen and oxygen atoms in total. The number of alkyl halides is 1. The third-order valence-electron chi connectivity index (χ3n) is 2.94. The number of halogens is 1. The molecule has 1 aliphatic rings. The SMILES string of the molecule is COC(=O)c1ccc(OC(Cl)N2CCCC2)cc1. The molecule has 0 bridgehead atoms. The first-order valence-corrected chi connectivity index (χ1v) is 6.37. The minimum Gasteiger partial charge on any atom is -0.465 e. The molecule has 1 fully saturated rings. The van der Waals surface area contributed by atoms with Gasteiger partial charge in [0.15, 0.2) is 0 Å². The molecule has 0 spiro atoms. The van der Waals surface area contributed by atoms with Crippen LogP contribution >= 0.6 is 11.6 Å². The lowest BCUT2D eigenvalue weighted by atomic mass is 10.2. The largest absolute Gasteiger partial charge is 0.465 e. The zero-order chi connectivity index (χ0) is 13.0. The third kappa shape index (κ3) is 3.15. The number of hydrogen-bond acceptors (Lipinski definition) is 4. The maximum absolute atomic E-state index is 11.3. The number of ether oxygens (including phenoxy) is 2. The molecule has 2 rings (SSSR count). The van der Waals surface area contributed by atoms with Crippen LogP contribution in [-0.4, -0.2) is 36.8 Å². The standard InChI is InChI=1S/C13H16ClNO3/c1-17-12(16)10-4-6-11(7-5-10)18-13(14)15-8-2-3-9-15/h4-7,13H,2-3,8-9H2,1H3. The quantitative estimate of drug-likeness (QED) is 0.478. The number of hydrogen-bond donors (Lipinski definition) is 0. The molecule has 1 aromatic carbocycles. The molecule has 1 unspecified atom stereocenters. The first-order chi connectivity index (χ1) is 8.70. The molecule has 1 saturated heterocycles. The Morgan fingerprint density at radius 1 is 1.28 bits per heavy atom. The summed E-state index contributed by atoms with van der Waals surface area (Å²) in [7, 11) is 1.36. The van der Waals surface area contributed by atoms with Gasteiger partial charge in [-0.2, -0.15) is 0 Å². The zero-order valence-corrected chi connectivity index (χ0v) is 11.0. The van der Waals surface area contributed by atoms with Crippen LogP contribution in [-0.2, 0) is 4.74 Å². The van der Waals surface area contributed by atoms with Crippen LogP contribution < -0.4 is 4.74 Å². The summed E-state index contributed by atoms with van der Waals surface area (Å²) in [5, 5.41) is 0. The van der Waals surface area contributed by atoms with Crippen molar-refractivity contribution in [3.05, 3.63) is 29.8 Å². The number of benzene rings is 1. The number of carbonyl (C=O) groups excluding carboxylic acids is 1. The molecule has 98 valence electrons. The van der Waals surface area contributed by atoms with E-state index in [9.17, 15) is 4.79 Å². The van der Waals surface area contributed by atoms with Crippen LogP contribution in [0.4, 0.5) is 0 Å². The topological polar surface area (TPSA) is 38.8 Å². The van der Waals surface area contributed by atoms with Crippen LogP contribution in [0.3, 0.4) is 0 Å². The van der Waals surface area contributed by atoms with Crippen molar-refractivity contribution in [2.24, 2.45) is 0 Å². The lowest BCUT2D eigenvalue weighted by Gasteiger charge is -2.22. The average molecular weight is 270 g/mol. The fraction of sp³-hybridized carbons (Fsp3) is 0.462. The Morgan fingerprint density at radius 3 is 2.44 bits per heavy atom. The van der Waals surface area contributed by atoms with E-state index in [0.29, 0.717) is 11.3 Å². The summed E-state index contributed by atoms with van der Waals surface area (Å²) in [6, 6.07) is 6.76. The van der Waals surface area contributed by atoms with Gasteiger partial charge in [-0.15, -0.1) is 0 Å². The van der Waals surface area contributed by atoms with E-state index in [1.165, 1.54) is 7.11 Å². The lowest BCUT2D eigenvalue weighted by molar-refractivity contribution is 0.0600. The number of methoxy groups -OCH3 is 1. The lowest BCUT2D eigenvalue weighted by Crippen LogP contribution is -2.32. The van der Waals surface area contributed by atoms with Gasteiger partial charge >= 0.3 is 5.97 Å². The van der Waals surface area contributed by atoms with Gasteiger partial charge in [0.05, 0.1) is 12.7 Å². The van der Waals surface area contributed by atoms with Crippen molar-refractivity contribution in [1.82, 2.24) is 4.90 Å². The average Bonchev–Trinajstić information content (AvgIpc) is 2.92. The van der Waals surface area contributed by atoms with Crippen molar-refractivity contribution in [1.29, 1.82) is 0 Å². The number of carbonyl (C=O) groups is 1. The Balaban J connectivity index is 1.95. The van der Waals surface area contributed by atoms with E-state index in [-0.39, 0.29) is 5.97 Å². The van der Waals surface area contributed by atoms with Crippen molar-refractivity contribution in [2.75, 3.05) is 20.2 Å². The molecule has 18 heavy (non-hydrogen) atoms. The highest BCUT2D eigenvalue weighted by Gasteiger charge is 2.21. The first-order valence-electron chi connectivity index (χ1n) is 5.94. The van der Waals surface area contributed by atoms with E-state index in [1.807, 2.05) is 0 Å². The Labute approximate surface area is 111 Å². The van der Waals surface area contributed by atoms with Crippen LogP contribution in [0.2, 0.25) is 0 Å². The molecule has 1 aliphatic heterocycles. The van der Waals surface area contributed by atoms with Crippen molar-refractivity contribution in [3.63, 3.8) is 0 Å². The van der Waals surface area contributed by atoms with Gasteiger partial charge in [-0.3, -0.25) is 4.90 Å². The van der Waals surface area contributed by atoms with E-state index in [2.05, 4.69) is 9.64 Å². The number of rotatable bonds is 4. The third-order valence-corrected chi connectivity index (χ3v) is 3.30. The Morgan fingerprint density at radius 2 is 1.89 bits per heavy atom. The highest BCUT2D eigenvalue weighted by atomic mass is 35.5. The number of likely N-dealkylation sites (tertiary alicyclic amines) is 1. The van der Waals surface area contributed by atoms with E-state index < -0.39 is 5.69 Å². The van der Waals surface area contributed by atoms with Crippen molar-refractivity contribution >= 4 is 17.6 Å². The summed E-state index contributed by atoms with van der Waals surface area (Å²) in [6.07, 6.45) is 2.32. The van der Waals surface area contributed by atoms with E-state index in [4.69, 9.17) is 16.3 Å². The summed E-state index contributed by atoms with van der Waals surface area (Å²) >= 11 is 6.16. The monoisotopic (exact) mass is 269 g/mol. The predicted octanol–water partition coefficient (Wildman–Crippen LogP) is 2.47. The summed E-state index contributed by atoms with van der Waals surface area (Å²) in [6.45, 7) is 1.93. The molecule has 5 heteroatoms. The second-order valence-corrected chi connectivity index (χ2v) is 4.54. The molecule has 0 N–H and O–H groups in total. The molecule has 0 radical (unpaired) electrons. The maximum Gasteiger partial charge on any atom is 0.337 e. The van der Waals surface area contributed by atoms with E-state index in [1.54, 1.807) is 24.3 Å². The molecule has 0 saturated carbocycles. The van der Waals surface area contributed by atoms with Gasteiger partial charge in [0.25, 0.3) is 0 Å². The van der Waals surface area contributed by atoms with Gasteiger partial charge in [0.2, 0.25) is 5.69 Å². The highest BCUT2D eigenvalue weighted by molar-refractivity contribution is 6.19. The fourth-order valence-corrected chi connectivity index (χ4v) is 2.22. The Kier molecular flexibility index (Phi) is 4.44. The summed E-state index contributed by atoms with van der Waals surface area (Å²) < 4.78 is 10.2. The van der Waals surface area contributed by atoms with Gasteiger partial charge in [-0.25, -0.2) is 4.79 Å². The summed E-state index contributed by atoms with van der Waals surface area (Å²) in [5.74, 6) is 0.290.